The van der Waals surface area contributed by atoms with Gasteiger partial charge < -0.3 is 0 Å². The first kappa shape index (κ1) is 18.8. The van der Waals surface area contributed by atoms with E-state index in [9.17, 15) is 13.2 Å². The van der Waals surface area contributed by atoms with Crippen LogP contribution in [0.1, 0.15) is 5.56 Å². The second-order valence-electron chi connectivity index (χ2n) is 5.41. The minimum atomic E-state index is -3.91. The van der Waals surface area contributed by atoms with E-state index in [1.54, 1.807) is 6.20 Å². The number of nitriles is 1. The zero-order valence-electron chi connectivity index (χ0n) is 13.9. The van der Waals surface area contributed by atoms with E-state index in [2.05, 4.69) is 10.4 Å². The van der Waals surface area contributed by atoms with Gasteiger partial charge in [0.15, 0.2) is 0 Å². The van der Waals surface area contributed by atoms with Crippen molar-refractivity contribution in [2.75, 3.05) is 5.75 Å². The molecule has 0 saturated heterocycles. The Balaban J connectivity index is 1.60. The van der Waals surface area contributed by atoms with Crippen LogP contribution in [0.3, 0.4) is 0 Å². The molecule has 136 valence electrons. The van der Waals surface area contributed by atoms with Crippen molar-refractivity contribution in [3.05, 3.63) is 66.4 Å². The smallest absolute Gasteiger partial charge is 0.257 e. The zero-order valence-corrected chi connectivity index (χ0v) is 15.5. The molecule has 3 aromatic rings. The number of nitrogens with zero attached hydrogens (tertiary/aromatic N) is 2. The van der Waals surface area contributed by atoms with Crippen molar-refractivity contribution in [2.45, 2.75) is 9.79 Å². The molecule has 0 radical (unpaired) electrons. The van der Waals surface area contributed by atoms with Gasteiger partial charge in [-0.25, -0.2) is 8.42 Å². The van der Waals surface area contributed by atoms with Crippen LogP contribution in [0, 0.1) is 11.3 Å². The maximum absolute atomic E-state index is 12.2. The molecule has 7 nitrogen and oxygen atoms in total. The van der Waals surface area contributed by atoms with E-state index >= 15 is 0 Å². The van der Waals surface area contributed by atoms with Crippen LogP contribution in [0.15, 0.2) is 70.6 Å². The van der Waals surface area contributed by atoms with Crippen molar-refractivity contribution < 1.29 is 13.2 Å². The molecule has 3 rings (SSSR count). The van der Waals surface area contributed by atoms with Crippen molar-refractivity contribution in [3.8, 4) is 6.07 Å². The van der Waals surface area contributed by atoms with Crippen LogP contribution < -0.4 is 10.3 Å². The van der Waals surface area contributed by atoms with Crippen molar-refractivity contribution >= 4 is 38.6 Å². The van der Waals surface area contributed by atoms with Gasteiger partial charge in [-0.05, 0) is 36.4 Å². The van der Waals surface area contributed by atoms with Gasteiger partial charge in [-0.2, -0.15) is 5.26 Å². The van der Waals surface area contributed by atoms with Crippen LogP contribution in [0.25, 0.3) is 10.9 Å². The third-order valence-corrected chi connectivity index (χ3v) is 5.88. The number of fused-ring (bicyclic) bond motifs is 1. The molecule has 0 fully saturated rings. The Bertz CT molecular complexity index is 1120. The quantitative estimate of drug-likeness (QED) is 0.486. The number of thioether (sulfide) groups is 1. The summed E-state index contributed by atoms with van der Waals surface area (Å²) in [5.41, 5.74) is 3.32. The molecule has 2 N–H and O–H groups in total. The van der Waals surface area contributed by atoms with E-state index in [-0.39, 0.29) is 10.6 Å². The summed E-state index contributed by atoms with van der Waals surface area (Å²) in [6.07, 6.45) is 1.68. The fourth-order valence-corrected chi connectivity index (χ4v) is 3.96. The number of benzene rings is 2. The lowest BCUT2D eigenvalue weighted by atomic mass is 10.2. The molecule has 1 heterocycles. The highest BCUT2D eigenvalue weighted by molar-refractivity contribution is 8.00. The molecule has 1 amide bonds. The zero-order chi connectivity index (χ0) is 19.3. The number of hydrogen-bond acceptors (Lipinski definition) is 6. The molecule has 0 aliphatic heterocycles. The summed E-state index contributed by atoms with van der Waals surface area (Å²) in [6, 6.07) is 16.7. The first-order chi connectivity index (χ1) is 13.0. The maximum atomic E-state index is 12.2. The molecule has 2 aromatic carbocycles. The second-order valence-corrected chi connectivity index (χ2v) is 8.11. The average molecular weight is 398 g/mol. The van der Waals surface area contributed by atoms with Gasteiger partial charge in [-0.1, -0.05) is 18.2 Å². The average Bonchev–Trinajstić information content (AvgIpc) is 2.70. The van der Waals surface area contributed by atoms with Gasteiger partial charge in [0, 0.05) is 16.5 Å². The van der Waals surface area contributed by atoms with Crippen molar-refractivity contribution in [1.29, 1.82) is 5.26 Å². The van der Waals surface area contributed by atoms with Crippen molar-refractivity contribution in [2.24, 2.45) is 0 Å². The van der Waals surface area contributed by atoms with Gasteiger partial charge in [0.05, 0.1) is 27.8 Å². The van der Waals surface area contributed by atoms with E-state index in [4.69, 9.17) is 5.26 Å². The van der Waals surface area contributed by atoms with Gasteiger partial charge in [0.2, 0.25) is 5.91 Å². The fourth-order valence-electron chi connectivity index (χ4n) is 2.26. The molecule has 0 bridgehead atoms. The largest absolute Gasteiger partial charge is 0.277 e. The molecule has 0 aliphatic carbocycles. The van der Waals surface area contributed by atoms with Crippen molar-refractivity contribution in [1.82, 2.24) is 15.2 Å². The maximum Gasteiger partial charge on any atom is 0.257 e. The van der Waals surface area contributed by atoms with Crippen LogP contribution in [0.2, 0.25) is 0 Å². The number of amides is 1. The summed E-state index contributed by atoms with van der Waals surface area (Å²) in [5.74, 6) is -0.476. The Kier molecular flexibility index (Phi) is 5.71. The van der Waals surface area contributed by atoms with Crippen LogP contribution in [0.5, 0.6) is 0 Å². The molecular formula is C18H14N4O3S2. The molecule has 0 saturated carbocycles. The van der Waals surface area contributed by atoms with Crippen LogP contribution in [-0.2, 0) is 14.8 Å². The number of carbonyl (C=O) groups excluding carboxylic acids is 1. The van der Waals surface area contributed by atoms with Crippen LogP contribution in [0.4, 0.5) is 0 Å². The number of pyridine rings is 1. The Labute approximate surface area is 160 Å². The Morgan fingerprint density at radius 2 is 1.85 bits per heavy atom. The Morgan fingerprint density at radius 3 is 2.59 bits per heavy atom. The highest BCUT2D eigenvalue weighted by atomic mass is 32.2. The number of para-hydroxylation sites is 1. The second kappa shape index (κ2) is 8.18. The lowest BCUT2D eigenvalue weighted by Gasteiger charge is -2.09. The minimum absolute atomic E-state index is 0.0194. The first-order valence-corrected chi connectivity index (χ1v) is 10.2. The highest BCUT2D eigenvalue weighted by Crippen LogP contribution is 2.25. The number of aromatic nitrogens is 1. The van der Waals surface area contributed by atoms with E-state index in [0.29, 0.717) is 5.56 Å². The van der Waals surface area contributed by atoms with Gasteiger partial charge >= 0.3 is 0 Å². The predicted molar refractivity (Wildman–Crippen MR) is 102 cm³/mol. The third kappa shape index (κ3) is 4.62. The van der Waals surface area contributed by atoms with Crippen molar-refractivity contribution in [3.63, 3.8) is 0 Å². The number of carbonyl (C=O) groups is 1. The molecule has 27 heavy (non-hydrogen) atoms. The van der Waals surface area contributed by atoms with E-state index in [1.807, 2.05) is 41.2 Å². The standard InChI is InChI=1S/C18H14N4O3S2/c19-11-13-6-8-15(9-7-13)27(24,25)22-21-17(23)12-26-16-5-1-3-14-4-2-10-20-18(14)16/h1-10,22H,12H2,(H,21,23). The lowest BCUT2D eigenvalue weighted by Crippen LogP contribution is -2.42. The summed E-state index contributed by atoms with van der Waals surface area (Å²) < 4.78 is 24.3. The van der Waals surface area contributed by atoms with E-state index < -0.39 is 15.9 Å². The molecule has 0 atom stereocenters. The lowest BCUT2D eigenvalue weighted by molar-refractivity contribution is -0.119. The summed E-state index contributed by atoms with van der Waals surface area (Å²) >= 11 is 1.26. The van der Waals surface area contributed by atoms with Crippen LogP contribution >= 0.6 is 11.8 Å². The molecule has 1 aromatic heterocycles. The normalized spacial score (nSPS) is 11.1. The third-order valence-electron chi connectivity index (χ3n) is 3.57. The van der Waals surface area contributed by atoms with E-state index in [1.165, 1.54) is 36.0 Å². The Morgan fingerprint density at radius 1 is 1.11 bits per heavy atom. The molecule has 9 heteroatoms. The fraction of sp³-hybridized carbons (Fsp3) is 0.0556. The van der Waals surface area contributed by atoms with Gasteiger partial charge in [0.25, 0.3) is 10.0 Å². The first-order valence-electron chi connectivity index (χ1n) is 7.77. The number of nitrogens with one attached hydrogen (secondary N) is 2. The topological polar surface area (TPSA) is 112 Å². The number of rotatable bonds is 6. The summed E-state index contributed by atoms with van der Waals surface area (Å²) in [6.45, 7) is 0. The number of hydrogen-bond donors (Lipinski definition) is 2. The predicted octanol–water partition coefficient (Wildman–Crippen LogP) is 2.21. The molecule has 0 spiro atoms. The molecule has 0 aliphatic rings. The Hall–Kier alpha value is -2.93. The van der Waals surface area contributed by atoms with E-state index in [0.717, 1.165) is 15.8 Å². The summed E-state index contributed by atoms with van der Waals surface area (Å²) in [5, 5.41) is 9.71. The van der Waals surface area contributed by atoms with Gasteiger partial charge in [-0.15, -0.1) is 16.6 Å². The van der Waals surface area contributed by atoms with Gasteiger partial charge in [-0.3, -0.25) is 15.2 Å². The monoisotopic (exact) mass is 398 g/mol. The minimum Gasteiger partial charge on any atom is -0.277 e. The highest BCUT2D eigenvalue weighted by Gasteiger charge is 2.15. The SMILES string of the molecule is N#Cc1ccc(S(=O)(=O)NNC(=O)CSc2cccc3cccnc23)cc1. The number of sulfonamides is 1. The molecule has 0 unspecified atom stereocenters. The number of hydrazine groups is 1. The van der Waals surface area contributed by atoms with Crippen LogP contribution in [-0.4, -0.2) is 25.1 Å². The summed E-state index contributed by atoms with van der Waals surface area (Å²) in [7, 11) is -3.91. The molecular weight excluding hydrogens is 384 g/mol. The van der Waals surface area contributed by atoms with Gasteiger partial charge in [0.1, 0.15) is 0 Å². The summed E-state index contributed by atoms with van der Waals surface area (Å²) in [4.78, 5) is 19.1.